The SMILES string of the molecule is NC(=O)CC=Cc1cccc2c1CC=C2. The van der Waals surface area contributed by atoms with E-state index in [0.29, 0.717) is 6.42 Å². The lowest BCUT2D eigenvalue weighted by atomic mass is 10.0. The van der Waals surface area contributed by atoms with Crippen LogP contribution in [-0.4, -0.2) is 5.91 Å². The molecule has 0 radical (unpaired) electrons. The van der Waals surface area contributed by atoms with E-state index in [0.717, 1.165) is 6.42 Å². The quantitative estimate of drug-likeness (QED) is 0.796. The van der Waals surface area contributed by atoms with E-state index in [4.69, 9.17) is 5.73 Å². The molecule has 0 aromatic heterocycles. The third-order valence-corrected chi connectivity index (χ3v) is 2.48. The molecule has 1 aliphatic rings. The Labute approximate surface area is 89.1 Å². The molecule has 0 unspecified atom stereocenters. The summed E-state index contributed by atoms with van der Waals surface area (Å²) in [6.07, 6.45) is 9.34. The molecule has 0 aliphatic heterocycles. The van der Waals surface area contributed by atoms with Gasteiger partial charge in [-0.05, 0) is 23.1 Å². The lowest BCUT2D eigenvalue weighted by Crippen LogP contribution is -2.07. The topological polar surface area (TPSA) is 43.1 Å². The Bertz CT molecular complexity index is 444. The van der Waals surface area contributed by atoms with Gasteiger partial charge in [0.2, 0.25) is 5.91 Å². The summed E-state index contributed by atoms with van der Waals surface area (Å²) in [6.45, 7) is 0. The fraction of sp³-hybridized carbons (Fsp3) is 0.154. The first-order valence-electron chi connectivity index (χ1n) is 5.00. The highest BCUT2D eigenvalue weighted by Crippen LogP contribution is 2.23. The minimum Gasteiger partial charge on any atom is -0.369 e. The second kappa shape index (κ2) is 4.13. The summed E-state index contributed by atoms with van der Waals surface area (Å²) in [4.78, 5) is 10.6. The first-order chi connectivity index (χ1) is 7.27. The number of rotatable bonds is 3. The normalized spacial score (nSPS) is 13.3. The van der Waals surface area contributed by atoms with Crippen LogP contribution < -0.4 is 5.73 Å². The van der Waals surface area contributed by atoms with Crippen LogP contribution in [0.5, 0.6) is 0 Å². The Kier molecular flexibility index (Phi) is 2.68. The van der Waals surface area contributed by atoms with Crippen LogP contribution in [0.25, 0.3) is 12.2 Å². The van der Waals surface area contributed by atoms with E-state index in [-0.39, 0.29) is 5.91 Å². The van der Waals surface area contributed by atoms with Gasteiger partial charge in [0.25, 0.3) is 0 Å². The Hall–Kier alpha value is -1.83. The van der Waals surface area contributed by atoms with Crippen LogP contribution in [0, 0.1) is 0 Å². The van der Waals surface area contributed by atoms with Crippen LogP contribution in [0.3, 0.4) is 0 Å². The molecule has 1 aliphatic carbocycles. The fourth-order valence-electron chi connectivity index (χ4n) is 1.78. The Morgan fingerprint density at radius 1 is 1.47 bits per heavy atom. The van der Waals surface area contributed by atoms with Crippen molar-refractivity contribution in [2.75, 3.05) is 0 Å². The molecule has 2 nitrogen and oxygen atoms in total. The Morgan fingerprint density at radius 2 is 2.33 bits per heavy atom. The summed E-state index contributed by atoms with van der Waals surface area (Å²) >= 11 is 0. The van der Waals surface area contributed by atoms with Gasteiger partial charge in [-0.15, -0.1) is 0 Å². The van der Waals surface area contributed by atoms with Crippen molar-refractivity contribution in [2.45, 2.75) is 12.8 Å². The van der Waals surface area contributed by atoms with Crippen LogP contribution in [0.4, 0.5) is 0 Å². The predicted molar refractivity (Wildman–Crippen MR) is 62.0 cm³/mol. The smallest absolute Gasteiger partial charge is 0.221 e. The van der Waals surface area contributed by atoms with E-state index in [1.54, 1.807) is 0 Å². The van der Waals surface area contributed by atoms with Crippen molar-refractivity contribution in [3.63, 3.8) is 0 Å². The molecule has 0 spiro atoms. The van der Waals surface area contributed by atoms with Crippen LogP contribution >= 0.6 is 0 Å². The summed E-state index contributed by atoms with van der Waals surface area (Å²) in [6, 6.07) is 6.19. The van der Waals surface area contributed by atoms with Crippen molar-refractivity contribution >= 4 is 18.1 Å². The Balaban J connectivity index is 2.20. The molecule has 15 heavy (non-hydrogen) atoms. The number of nitrogens with two attached hydrogens (primary N) is 1. The number of primary amides is 1. The van der Waals surface area contributed by atoms with Crippen LogP contribution in [0.2, 0.25) is 0 Å². The third kappa shape index (κ3) is 2.15. The minimum absolute atomic E-state index is 0.294. The molecule has 0 saturated heterocycles. The number of amides is 1. The molecule has 0 fully saturated rings. The first kappa shape index (κ1) is 9.71. The zero-order chi connectivity index (χ0) is 10.7. The molecule has 0 saturated carbocycles. The maximum Gasteiger partial charge on any atom is 0.221 e. The third-order valence-electron chi connectivity index (χ3n) is 2.48. The lowest BCUT2D eigenvalue weighted by Gasteiger charge is -2.03. The van der Waals surface area contributed by atoms with Crippen LogP contribution in [0.1, 0.15) is 23.1 Å². The summed E-state index contributed by atoms with van der Waals surface area (Å²) in [5.74, 6) is -0.294. The maximum atomic E-state index is 10.6. The van der Waals surface area contributed by atoms with Gasteiger partial charge in [-0.1, -0.05) is 42.5 Å². The highest BCUT2D eigenvalue weighted by molar-refractivity contribution is 5.77. The summed E-state index contributed by atoms with van der Waals surface area (Å²) < 4.78 is 0. The highest BCUT2D eigenvalue weighted by atomic mass is 16.1. The summed E-state index contributed by atoms with van der Waals surface area (Å²) in [7, 11) is 0. The zero-order valence-electron chi connectivity index (χ0n) is 8.44. The fourth-order valence-corrected chi connectivity index (χ4v) is 1.78. The van der Waals surface area contributed by atoms with Crippen LogP contribution in [-0.2, 0) is 11.2 Å². The second-order valence-corrected chi connectivity index (χ2v) is 3.59. The molecule has 0 heterocycles. The molecular formula is C13H13NO. The lowest BCUT2D eigenvalue weighted by molar-refractivity contribution is -0.117. The van der Waals surface area contributed by atoms with Crippen molar-refractivity contribution in [1.82, 2.24) is 0 Å². The van der Waals surface area contributed by atoms with E-state index in [2.05, 4.69) is 24.3 Å². The maximum absolute atomic E-state index is 10.6. The van der Waals surface area contributed by atoms with Crippen molar-refractivity contribution in [3.8, 4) is 0 Å². The van der Waals surface area contributed by atoms with Gasteiger partial charge in [-0.2, -0.15) is 0 Å². The molecule has 1 aromatic rings. The summed E-state index contributed by atoms with van der Waals surface area (Å²) in [5, 5.41) is 0. The predicted octanol–water partition coefficient (Wildman–Crippen LogP) is 2.14. The van der Waals surface area contributed by atoms with E-state index in [1.807, 2.05) is 18.2 Å². The average molecular weight is 199 g/mol. The molecule has 2 rings (SSSR count). The van der Waals surface area contributed by atoms with Gasteiger partial charge in [0.15, 0.2) is 0 Å². The van der Waals surface area contributed by atoms with Gasteiger partial charge >= 0.3 is 0 Å². The largest absolute Gasteiger partial charge is 0.369 e. The van der Waals surface area contributed by atoms with Crippen molar-refractivity contribution < 1.29 is 4.79 Å². The van der Waals surface area contributed by atoms with Gasteiger partial charge in [0.05, 0.1) is 0 Å². The van der Waals surface area contributed by atoms with Gasteiger partial charge in [0.1, 0.15) is 0 Å². The van der Waals surface area contributed by atoms with E-state index >= 15 is 0 Å². The molecule has 2 heteroatoms. The van der Waals surface area contributed by atoms with Gasteiger partial charge in [0, 0.05) is 6.42 Å². The van der Waals surface area contributed by atoms with Crippen LogP contribution in [0.15, 0.2) is 30.4 Å². The number of carbonyl (C=O) groups is 1. The average Bonchev–Trinajstić information content (AvgIpc) is 2.65. The van der Waals surface area contributed by atoms with Crippen molar-refractivity contribution in [3.05, 3.63) is 47.0 Å². The minimum atomic E-state index is -0.294. The number of allylic oxidation sites excluding steroid dienone is 1. The molecular weight excluding hydrogens is 186 g/mol. The second-order valence-electron chi connectivity index (χ2n) is 3.59. The first-order valence-corrected chi connectivity index (χ1v) is 5.00. The number of carbonyl (C=O) groups excluding carboxylic acids is 1. The molecule has 0 bridgehead atoms. The molecule has 76 valence electrons. The highest BCUT2D eigenvalue weighted by Gasteiger charge is 2.07. The molecule has 0 atom stereocenters. The zero-order valence-corrected chi connectivity index (χ0v) is 8.44. The van der Waals surface area contributed by atoms with Gasteiger partial charge < -0.3 is 5.73 Å². The number of hydrogen-bond acceptors (Lipinski definition) is 1. The number of hydrogen-bond donors (Lipinski definition) is 1. The molecule has 1 amide bonds. The number of fused-ring (bicyclic) bond motifs is 1. The van der Waals surface area contributed by atoms with Gasteiger partial charge in [-0.25, -0.2) is 0 Å². The van der Waals surface area contributed by atoms with E-state index in [1.165, 1.54) is 16.7 Å². The summed E-state index contributed by atoms with van der Waals surface area (Å²) in [5.41, 5.74) is 8.85. The monoisotopic (exact) mass is 199 g/mol. The van der Waals surface area contributed by atoms with Crippen molar-refractivity contribution in [1.29, 1.82) is 0 Å². The molecule has 2 N–H and O–H groups in total. The van der Waals surface area contributed by atoms with E-state index in [9.17, 15) is 4.79 Å². The Morgan fingerprint density at radius 3 is 3.13 bits per heavy atom. The van der Waals surface area contributed by atoms with E-state index < -0.39 is 0 Å². The molecule has 1 aromatic carbocycles. The van der Waals surface area contributed by atoms with Gasteiger partial charge in [-0.3, -0.25) is 4.79 Å². The van der Waals surface area contributed by atoms with Crippen molar-refractivity contribution in [2.24, 2.45) is 5.73 Å². The standard InChI is InChI=1S/C13H13NO/c14-13(15)9-3-7-11-5-1-4-10-6-2-8-12(10)11/h1-7H,8-9H2,(H2,14,15). The number of benzene rings is 1.